The van der Waals surface area contributed by atoms with E-state index < -0.39 is 0 Å². The first-order valence-electron chi connectivity index (χ1n) is 7.22. The largest absolute Gasteiger partial charge is 0.316 e. The lowest BCUT2D eigenvalue weighted by Crippen LogP contribution is -2.62. The van der Waals surface area contributed by atoms with Gasteiger partial charge < -0.3 is 10.2 Å². The molecule has 3 rings (SSSR count). The number of rotatable bonds is 3. The van der Waals surface area contributed by atoms with Gasteiger partial charge in [-0.15, -0.1) is 0 Å². The Bertz CT molecular complexity index is 392. The summed E-state index contributed by atoms with van der Waals surface area (Å²) in [7, 11) is 4.46. The average molecular weight is 260 g/mol. The van der Waals surface area contributed by atoms with E-state index in [4.69, 9.17) is 0 Å². The van der Waals surface area contributed by atoms with Crippen molar-refractivity contribution in [2.24, 2.45) is 11.8 Å². The monoisotopic (exact) mass is 260 g/mol. The molecule has 2 aliphatic heterocycles. The van der Waals surface area contributed by atoms with E-state index in [1.165, 1.54) is 18.7 Å². The first-order valence-corrected chi connectivity index (χ1v) is 7.22. The molecule has 3 heterocycles. The van der Waals surface area contributed by atoms with E-state index >= 15 is 0 Å². The van der Waals surface area contributed by atoms with Crippen molar-refractivity contribution in [2.45, 2.75) is 12.6 Å². The summed E-state index contributed by atoms with van der Waals surface area (Å²) in [6.45, 7) is 5.79. The first kappa shape index (κ1) is 13.0. The number of pyridine rings is 1. The number of hydrogen-bond acceptors (Lipinski definition) is 4. The molecule has 2 fully saturated rings. The van der Waals surface area contributed by atoms with Gasteiger partial charge in [0.25, 0.3) is 0 Å². The van der Waals surface area contributed by atoms with Crippen LogP contribution in [0.15, 0.2) is 24.5 Å². The highest BCUT2D eigenvalue weighted by Crippen LogP contribution is 2.29. The maximum Gasteiger partial charge on any atom is 0.0271 e. The smallest absolute Gasteiger partial charge is 0.0271 e. The summed E-state index contributed by atoms with van der Waals surface area (Å²) in [5, 5.41) is 3.59. The summed E-state index contributed by atoms with van der Waals surface area (Å²) in [5.74, 6) is 1.51. The Balaban J connectivity index is 1.68. The number of fused-ring (bicyclic) bond motifs is 2. The van der Waals surface area contributed by atoms with Crippen LogP contribution in [0.2, 0.25) is 0 Å². The minimum Gasteiger partial charge on any atom is -0.316 e. The minimum absolute atomic E-state index is 0.745. The van der Waals surface area contributed by atoms with Crippen LogP contribution >= 0.6 is 0 Å². The van der Waals surface area contributed by atoms with Crippen molar-refractivity contribution in [1.29, 1.82) is 0 Å². The van der Waals surface area contributed by atoms with Crippen LogP contribution in [0.3, 0.4) is 0 Å². The second kappa shape index (κ2) is 5.57. The zero-order valence-corrected chi connectivity index (χ0v) is 11.9. The first-order chi connectivity index (χ1) is 9.24. The van der Waals surface area contributed by atoms with Gasteiger partial charge in [-0.25, -0.2) is 0 Å². The molecule has 0 radical (unpaired) electrons. The topological polar surface area (TPSA) is 31.4 Å². The molecule has 0 saturated carbocycles. The fourth-order valence-corrected chi connectivity index (χ4v) is 3.88. The van der Waals surface area contributed by atoms with Crippen molar-refractivity contribution < 1.29 is 0 Å². The molecule has 104 valence electrons. The lowest BCUT2D eigenvalue weighted by molar-refractivity contribution is 0.00801. The van der Waals surface area contributed by atoms with E-state index in [0.29, 0.717) is 0 Å². The van der Waals surface area contributed by atoms with Crippen LogP contribution in [0.4, 0.5) is 0 Å². The average Bonchev–Trinajstić information content (AvgIpc) is 2.38. The van der Waals surface area contributed by atoms with Crippen LogP contribution in [0.5, 0.6) is 0 Å². The molecular weight excluding hydrogens is 236 g/mol. The predicted octanol–water partition coefficient (Wildman–Crippen LogP) is 0.663. The van der Waals surface area contributed by atoms with Gasteiger partial charge in [0, 0.05) is 51.2 Å². The van der Waals surface area contributed by atoms with Crippen LogP contribution in [-0.4, -0.2) is 61.1 Å². The molecule has 0 aromatic carbocycles. The second-order valence-corrected chi connectivity index (χ2v) is 6.18. The molecule has 1 N–H and O–H groups in total. The fraction of sp³-hybridized carbons (Fsp3) is 0.667. The number of likely N-dealkylation sites (tertiary alicyclic amines) is 1. The molecule has 1 aromatic heterocycles. The van der Waals surface area contributed by atoms with E-state index in [0.717, 1.165) is 37.5 Å². The van der Waals surface area contributed by atoms with E-state index in [1.54, 1.807) is 0 Å². The van der Waals surface area contributed by atoms with Crippen molar-refractivity contribution in [3.05, 3.63) is 30.1 Å². The molecule has 0 aliphatic carbocycles. The molecule has 2 saturated heterocycles. The van der Waals surface area contributed by atoms with Gasteiger partial charge in [0.2, 0.25) is 0 Å². The Labute approximate surface area is 115 Å². The van der Waals surface area contributed by atoms with Gasteiger partial charge in [0.05, 0.1) is 0 Å². The maximum absolute atomic E-state index is 4.10. The van der Waals surface area contributed by atoms with Gasteiger partial charge in [0.15, 0.2) is 0 Å². The summed E-state index contributed by atoms with van der Waals surface area (Å²) in [6.07, 6.45) is 3.79. The van der Waals surface area contributed by atoms with Gasteiger partial charge >= 0.3 is 0 Å². The molecule has 0 amide bonds. The van der Waals surface area contributed by atoms with Crippen LogP contribution < -0.4 is 5.32 Å². The number of nitrogens with one attached hydrogen (secondary N) is 1. The molecule has 2 atom stereocenters. The number of nitrogens with zero attached hydrogens (tertiary/aromatic N) is 3. The number of aromatic nitrogens is 1. The summed E-state index contributed by atoms with van der Waals surface area (Å²) in [6, 6.07) is 5.01. The maximum atomic E-state index is 4.10. The summed E-state index contributed by atoms with van der Waals surface area (Å²) in [4.78, 5) is 9.14. The fourth-order valence-electron chi connectivity index (χ4n) is 3.88. The Hall–Kier alpha value is -0.970. The predicted molar refractivity (Wildman–Crippen MR) is 76.8 cm³/mol. The summed E-state index contributed by atoms with van der Waals surface area (Å²) < 4.78 is 0. The Morgan fingerprint density at radius 1 is 1.21 bits per heavy atom. The molecule has 4 heteroatoms. The van der Waals surface area contributed by atoms with Crippen LogP contribution in [0.1, 0.15) is 5.56 Å². The number of piperidine rings is 2. The molecule has 4 nitrogen and oxygen atoms in total. The zero-order valence-electron chi connectivity index (χ0n) is 11.9. The van der Waals surface area contributed by atoms with E-state index in [2.05, 4.69) is 46.3 Å². The molecule has 19 heavy (non-hydrogen) atoms. The van der Waals surface area contributed by atoms with Crippen LogP contribution in [0.25, 0.3) is 0 Å². The third kappa shape index (κ3) is 2.81. The van der Waals surface area contributed by atoms with Crippen LogP contribution in [0, 0.1) is 11.8 Å². The summed E-state index contributed by atoms with van der Waals surface area (Å²) >= 11 is 0. The third-order valence-electron chi connectivity index (χ3n) is 4.52. The molecule has 1 aromatic rings. The third-order valence-corrected chi connectivity index (χ3v) is 4.52. The quantitative estimate of drug-likeness (QED) is 0.865. The molecule has 0 spiro atoms. The van der Waals surface area contributed by atoms with Gasteiger partial charge in [-0.2, -0.15) is 0 Å². The van der Waals surface area contributed by atoms with E-state index in [-0.39, 0.29) is 0 Å². The Kier molecular flexibility index (Phi) is 3.82. The van der Waals surface area contributed by atoms with Crippen molar-refractivity contribution in [3.63, 3.8) is 0 Å². The molecular formula is C15H24N4. The molecule has 2 unspecified atom stereocenters. The van der Waals surface area contributed by atoms with Crippen molar-refractivity contribution in [1.82, 2.24) is 20.1 Å². The summed E-state index contributed by atoms with van der Waals surface area (Å²) in [5.41, 5.74) is 1.38. The van der Waals surface area contributed by atoms with Crippen LogP contribution in [-0.2, 0) is 6.54 Å². The van der Waals surface area contributed by atoms with Gasteiger partial charge in [0.1, 0.15) is 0 Å². The van der Waals surface area contributed by atoms with Crippen molar-refractivity contribution >= 4 is 0 Å². The minimum atomic E-state index is 0.745. The Morgan fingerprint density at radius 2 is 1.84 bits per heavy atom. The Morgan fingerprint density at radius 3 is 2.42 bits per heavy atom. The number of hydrogen-bond donors (Lipinski definition) is 1. The van der Waals surface area contributed by atoms with Crippen molar-refractivity contribution in [2.75, 3.05) is 40.3 Å². The highest BCUT2D eigenvalue weighted by Gasteiger charge is 2.40. The lowest BCUT2D eigenvalue weighted by Gasteiger charge is -2.50. The van der Waals surface area contributed by atoms with E-state index in [9.17, 15) is 0 Å². The van der Waals surface area contributed by atoms with E-state index in [1.807, 2.05) is 12.4 Å². The molecule has 2 bridgehead atoms. The normalized spacial score (nSPS) is 31.6. The van der Waals surface area contributed by atoms with Crippen molar-refractivity contribution in [3.8, 4) is 0 Å². The SMILES string of the molecule is CN(C)C1C2CNCC1CN(Cc1ccncc1)C2. The standard InChI is InChI=1S/C15H24N4/c1-18(2)15-13-7-17-8-14(15)11-19(10-13)9-12-3-5-16-6-4-12/h3-6,13-15,17H,7-11H2,1-2H3. The molecule has 2 aliphatic rings. The van der Waals surface area contributed by atoms with Gasteiger partial charge in [-0.05, 0) is 43.6 Å². The highest BCUT2D eigenvalue weighted by atomic mass is 15.2. The van der Waals surface area contributed by atoms with Gasteiger partial charge in [-0.3, -0.25) is 9.88 Å². The highest BCUT2D eigenvalue weighted by molar-refractivity contribution is 5.10. The zero-order chi connectivity index (χ0) is 13.2. The second-order valence-electron chi connectivity index (χ2n) is 6.18. The van der Waals surface area contributed by atoms with Gasteiger partial charge in [-0.1, -0.05) is 0 Å². The lowest BCUT2D eigenvalue weighted by atomic mass is 9.79.